The van der Waals surface area contributed by atoms with E-state index in [4.69, 9.17) is 11.6 Å². The van der Waals surface area contributed by atoms with E-state index in [2.05, 4.69) is 21.2 Å². The Morgan fingerprint density at radius 1 is 1.05 bits per heavy atom. The van der Waals surface area contributed by atoms with Gasteiger partial charge in [0, 0.05) is 16.3 Å². The molecule has 0 unspecified atom stereocenters. The molecule has 5 heteroatoms. The van der Waals surface area contributed by atoms with Crippen LogP contribution in [0.4, 0.5) is 5.69 Å². The Hall–Kier alpha value is -1.91. The molecule has 0 saturated heterocycles. The van der Waals surface area contributed by atoms with Crippen LogP contribution in [0.5, 0.6) is 0 Å². The van der Waals surface area contributed by atoms with Gasteiger partial charge < -0.3 is 5.32 Å². The first-order valence-corrected chi connectivity index (χ1v) is 8.02. The van der Waals surface area contributed by atoms with Crippen LogP contribution in [0.25, 0.3) is 6.08 Å². The lowest BCUT2D eigenvalue weighted by Gasteiger charge is -2.03. The van der Waals surface area contributed by atoms with Gasteiger partial charge >= 0.3 is 0 Å². The van der Waals surface area contributed by atoms with Gasteiger partial charge in [-0.2, -0.15) is 0 Å². The van der Waals surface area contributed by atoms with E-state index in [-0.39, 0.29) is 17.0 Å². The number of carbonyl (C=O) groups is 2. The summed E-state index contributed by atoms with van der Waals surface area (Å²) in [4.78, 5) is 23.3. The van der Waals surface area contributed by atoms with Crippen molar-refractivity contribution < 1.29 is 9.59 Å². The molecule has 2 aromatic carbocycles. The molecule has 112 valence electrons. The van der Waals surface area contributed by atoms with E-state index >= 15 is 0 Å². The summed E-state index contributed by atoms with van der Waals surface area (Å²) in [6.45, 7) is 0. The van der Waals surface area contributed by atoms with Gasteiger partial charge in [0.2, 0.25) is 5.91 Å². The molecule has 0 radical (unpaired) electrons. The third-order valence-corrected chi connectivity index (χ3v) is 3.63. The minimum absolute atomic E-state index is 0.103. The van der Waals surface area contributed by atoms with Crippen LogP contribution in [-0.4, -0.2) is 17.0 Å². The quantitative estimate of drug-likeness (QED) is 0.470. The molecule has 0 aromatic heterocycles. The Morgan fingerprint density at radius 2 is 1.68 bits per heavy atom. The molecule has 1 amide bonds. The highest BCUT2D eigenvalue weighted by atomic mass is 79.9. The number of anilines is 1. The van der Waals surface area contributed by atoms with Crippen LogP contribution < -0.4 is 5.32 Å². The van der Waals surface area contributed by atoms with Crippen LogP contribution in [0.15, 0.2) is 54.6 Å². The Kier molecular flexibility index (Phi) is 5.92. The molecule has 0 fully saturated rings. The molecule has 0 heterocycles. The summed E-state index contributed by atoms with van der Waals surface area (Å²) >= 11 is 8.88. The number of amides is 1. The minimum atomic E-state index is -0.137. The molecule has 0 aliphatic rings. The molecule has 0 aliphatic carbocycles. The molecule has 2 rings (SSSR count). The number of halogens is 2. The number of carbonyl (C=O) groups excluding carboxylic acids is 2. The van der Waals surface area contributed by atoms with Crippen molar-refractivity contribution in [3.05, 3.63) is 70.8 Å². The Labute approximate surface area is 142 Å². The van der Waals surface area contributed by atoms with E-state index in [0.717, 1.165) is 5.56 Å². The largest absolute Gasteiger partial charge is 0.325 e. The highest BCUT2D eigenvalue weighted by Gasteiger charge is 2.03. The maximum atomic E-state index is 12.1. The number of alkyl halides is 1. The fraction of sp³-hybridized carbons (Fsp3) is 0.0588. The summed E-state index contributed by atoms with van der Waals surface area (Å²) in [7, 11) is 0. The average molecular weight is 379 g/mol. The van der Waals surface area contributed by atoms with Crippen LogP contribution >= 0.6 is 27.5 Å². The zero-order valence-corrected chi connectivity index (χ0v) is 13.9. The fourth-order valence-corrected chi connectivity index (χ4v) is 2.02. The van der Waals surface area contributed by atoms with Gasteiger partial charge in [-0.3, -0.25) is 9.59 Å². The van der Waals surface area contributed by atoms with Crippen LogP contribution in [0.2, 0.25) is 5.02 Å². The molecule has 22 heavy (non-hydrogen) atoms. The number of hydrogen-bond acceptors (Lipinski definition) is 2. The number of hydrogen-bond donors (Lipinski definition) is 1. The van der Waals surface area contributed by atoms with Gasteiger partial charge in [0.1, 0.15) is 0 Å². The van der Waals surface area contributed by atoms with E-state index < -0.39 is 0 Å². The molecular weight excluding hydrogens is 366 g/mol. The van der Waals surface area contributed by atoms with Gasteiger partial charge in [0.15, 0.2) is 5.78 Å². The Balaban J connectivity index is 2.03. The van der Waals surface area contributed by atoms with E-state index in [1.165, 1.54) is 6.08 Å². The predicted octanol–water partition coefficient (Wildman–Crippen LogP) is 4.57. The van der Waals surface area contributed by atoms with Crippen molar-refractivity contribution in [2.75, 3.05) is 10.6 Å². The molecule has 0 aliphatic heterocycles. The average Bonchev–Trinajstić information content (AvgIpc) is 2.54. The highest BCUT2D eigenvalue weighted by Crippen LogP contribution is 2.13. The second-order valence-corrected chi connectivity index (χ2v) is 5.51. The molecule has 0 atom stereocenters. The minimum Gasteiger partial charge on any atom is -0.325 e. The highest BCUT2D eigenvalue weighted by molar-refractivity contribution is 9.09. The van der Waals surface area contributed by atoms with Crippen molar-refractivity contribution in [3.8, 4) is 0 Å². The van der Waals surface area contributed by atoms with Crippen molar-refractivity contribution in [2.45, 2.75) is 0 Å². The van der Waals surface area contributed by atoms with E-state index in [9.17, 15) is 9.59 Å². The zero-order chi connectivity index (χ0) is 15.9. The summed E-state index contributed by atoms with van der Waals surface area (Å²) in [5, 5.41) is 3.58. The lowest BCUT2D eigenvalue weighted by atomic mass is 10.1. The lowest BCUT2D eigenvalue weighted by Crippen LogP contribution is -2.12. The van der Waals surface area contributed by atoms with Crippen molar-refractivity contribution in [2.24, 2.45) is 0 Å². The topological polar surface area (TPSA) is 46.2 Å². The normalized spacial score (nSPS) is 10.6. The number of nitrogens with one attached hydrogen (secondary N) is 1. The predicted molar refractivity (Wildman–Crippen MR) is 93.7 cm³/mol. The molecule has 0 bridgehead atoms. The van der Waals surface area contributed by atoms with Gasteiger partial charge in [-0.05, 0) is 48.0 Å². The molecule has 1 N–H and O–H groups in total. The monoisotopic (exact) mass is 377 g/mol. The maximum Gasteiger partial charge on any atom is 0.235 e. The zero-order valence-electron chi connectivity index (χ0n) is 11.6. The van der Waals surface area contributed by atoms with E-state index in [1.54, 1.807) is 42.5 Å². The molecule has 0 spiro atoms. The summed E-state index contributed by atoms with van der Waals surface area (Å²) in [6.07, 6.45) is 3.24. The first-order chi connectivity index (χ1) is 10.6. The molecule has 3 nitrogen and oxygen atoms in total. The van der Waals surface area contributed by atoms with Crippen LogP contribution in [0, 0.1) is 0 Å². The molecular formula is C17H13BrClNO2. The summed E-state index contributed by atoms with van der Waals surface area (Å²) < 4.78 is 0. The summed E-state index contributed by atoms with van der Waals surface area (Å²) in [6, 6.07) is 14.0. The van der Waals surface area contributed by atoms with Crippen molar-refractivity contribution >= 4 is 51.0 Å². The van der Waals surface area contributed by atoms with Crippen LogP contribution in [-0.2, 0) is 4.79 Å². The van der Waals surface area contributed by atoms with Crippen molar-refractivity contribution in [1.29, 1.82) is 0 Å². The van der Waals surface area contributed by atoms with Gasteiger partial charge in [-0.25, -0.2) is 0 Å². The van der Waals surface area contributed by atoms with Crippen LogP contribution in [0.1, 0.15) is 15.9 Å². The second-order valence-electron chi connectivity index (χ2n) is 4.51. The van der Waals surface area contributed by atoms with Crippen LogP contribution in [0.3, 0.4) is 0 Å². The molecule has 0 saturated carbocycles. The first kappa shape index (κ1) is 16.5. The first-order valence-electron chi connectivity index (χ1n) is 6.52. The lowest BCUT2D eigenvalue weighted by molar-refractivity contribution is -0.113. The summed E-state index contributed by atoms with van der Waals surface area (Å²) in [5.41, 5.74) is 2.11. The smallest absolute Gasteiger partial charge is 0.235 e. The van der Waals surface area contributed by atoms with E-state index in [0.29, 0.717) is 16.3 Å². The Bertz CT molecular complexity index is 694. The maximum absolute atomic E-state index is 12.1. The van der Waals surface area contributed by atoms with Gasteiger partial charge in [-0.1, -0.05) is 45.7 Å². The van der Waals surface area contributed by atoms with E-state index in [1.807, 2.05) is 12.1 Å². The Morgan fingerprint density at radius 3 is 2.27 bits per heavy atom. The standard InChI is InChI=1S/C17H13BrClNO2/c18-11-17(22)20-15-8-4-13(5-9-15)16(21)10-3-12-1-6-14(19)7-2-12/h1-10H,11H2,(H,20,22)/b10-3+. The number of allylic oxidation sites excluding steroid dienone is 1. The summed E-state index contributed by atoms with van der Waals surface area (Å²) in [5.74, 6) is -0.241. The number of rotatable bonds is 5. The van der Waals surface area contributed by atoms with Gasteiger partial charge in [0.25, 0.3) is 0 Å². The third kappa shape index (κ3) is 4.83. The van der Waals surface area contributed by atoms with Crippen molar-refractivity contribution in [3.63, 3.8) is 0 Å². The fourth-order valence-electron chi connectivity index (χ4n) is 1.75. The van der Waals surface area contributed by atoms with Gasteiger partial charge in [-0.15, -0.1) is 0 Å². The van der Waals surface area contributed by atoms with Crippen molar-refractivity contribution in [1.82, 2.24) is 0 Å². The molecule has 2 aromatic rings. The number of ketones is 1. The number of benzene rings is 2. The third-order valence-electron chi connectivity index (χ3n) is 2.87. The SMILES string of the molecule is O=C(CBr)Nc1ccc(C(=O)/C=C/c2ccc(Cl)cc2)cc1. The second kappa shape index (κ2) is 7.92. The van der Waals surface area contributed by atoms with Gasteiger partial charge in [0.05, 0.1) is 5.33 Å².